The number of aliphatic hydroxyl groups is 1. The molecule has 2 rings (SSSR count). The summed E-state index contributed by atoms with van der Waals surface area (Å²) in [5.41, 5.74) is 1.03. The van der Waals surface area contributed by atoms with Gasteiger partial charge in [-0.3, -0.25) is 0 Å². The van der Waals surface area contributed by atoms with E-state index in [9.17, 15) is 9.50 Å². The van der Waals surface area contributed by atoms with Crippen molar-refractivity contribution in [2.24, 2.45) is 0 Å². The molecular weight excluding hydrogens is 255 g/mol. The first-order valence-corrected chi connectivity index (χ1v) is 7.67. The van der Waals surface area contributed by atoms with Crippen molar-refractivity contribution in [3.05, 3.63) is 35.1 Å². The second kappa shape index (κ2) is 6.68. The molecule has 0 heterocycles. The maximum Gasteiger partial charge on any atom is 0.123 e. The Labute approximate surface area is 121 Å². The molecule has 1 aliphatic carbocycles. The first kappa shape index (κ1) is 15.5. The second-order valence-corrected chi connectivity index (χ2v) is 5.82. The summed E-state index contributed by atoms with van der Waals surface area (Å²) in [7, 11) is 0. The van der Waals surface area contributed by atoms with Crippen molar-refractivity contribution in [1.29, 1.82) is 0 Å². The van der Waals surface area contributed by atoms with Gasteiger partial charge in [0.1, 0.15) is 11.9 Å². The van der Waals surface area contributed by atoms with Crippen LogP contribution in [0.5, 0.6) is 0 Å². The Morgan fingerprint density at radius 1 is 1.25 bits per heavy atom. The summed E-state index contributed by atoms with van der Waals surface area (Å²) in [6, 6.07) is 4.61. The molecular formula is C17H25FO2. The summed E-state index contributed by atoms with van der Waals surface area (Å²) < 4.78 is 19.5. The Balaban J connectivity index is 2.34. The summed E-state index contributed by atoms with van der Waals surface area (Å²) in [6.07, 6.45) is 5.43. The fourth-order valence-electron chi connectivity index (χ4n) is 3.30. The van der Waals surface area contributed by atoms with Gasteiger partial charge >= 0.3 is 0 Å². The average Bonchev–Trinajstić information content (AvgIpc) is 2.68. The molecule has 112 valence electrons. The number of hydrogen-bond donors (Lipinski definition) is 1. The zero-order valence-corrected chi connectivity index (χ0v) is 12.5. The molecule has 1 unspecified atom stereocenters. The molecule has 3 heteroatoms. The lowest BCUT2D eigenvalue weighted by molar-refractivity contribution is -0.131. The largest absolute Gasteiger partial charge is 0.385 e. The smallest absolute Gasteiger partial charge is 0.123 e. The first-order valence-electron chi connectivity index (χ1n) is 7.67. The van der Waals surface area contributed by atoms with Crippen LogP contribution in [0.4, 0.5) is 4.39 Å². The van der Waals surface area contributed by atoms with Crippen molar-refractivity contribution in [2.45, 2.75) is 64.1 Å². The number of benzene rings is 1. The minimum Gasteiger partial charge on any atom is -0.385 e. The van der Waals surface area contributed by atoms with Crippen LogP contribution in [0.1, 0.15) is 62.7 Å². The minimum atomic E-state index is -0.753. The van der Waals surface area contributed by atoms with Crippen LogP contribution in [-0.2, 0) is 4.74 Å². The van der Waals surface area contributed by atoms with Gasteiger partial charge in [-0.05, 0) is 49.9 Å². The Morgan fingerprint density at radius 2 is 1.90 bits per heavy atom. The fraction of sp³-hybridized carbons (Fsp3) is 0.647. The van der Waals surface area contributed by atoms with Crippen molar-refractivity contribution in [1.82, 2.24) is 0 Å². The van der Waals surface area contributed by atoms with Crippen LogP contribution in [0.25, 0.3) is 0 Å². The van der Waals surface area contributed by atoms with Crippen LogP contribution in [0.15, 0.2) is 18.2 Å². The van der Waals surface area contributed by atoms with Gasteiger partial charge in [0.25, 0.3) is 0 Å². The maximum absolute atomic E-state index is 13.5. The molecule has 1 saturated carbocycles. The zero-order chi connectivity index (χ0) is 14.6. The standard InChI is InChI=1S/C17H25FO2/c1-3-20-17(10-6-4-5-7-11-17)16(19)15-12-14(18)9-8-13(15)2/h8-9,12,16,19H,3-7,10-11H2,1-2H3. The highest BCUT2D eigenvalue weighted by Gasteiger charge is 2.40. The lowest BCUT2D eigenvalue weighted by atomic mass is 9.83. The highest BCUT2D eigenvalue weighted by molar-refractivity contribution is 5.30. The number of aryl methyl sites for hydroxylation is 1. The van der Waals surface area contributed by atoms with Crippen LogP contribution >= 0.6 is 0 Å². The van der Waals surface area contributed by atoms with Crippen molar-refractivity contribution in [3.63, 3.8) is 0 Å². The molecule has 1 aromatic carbocycles. The third-order valence-corrected chi connectivity index (χ3v) is 4.42. The van der Waals surface area contributed by atoms with Crippen molar-refractivity contribution < 1.29 is 14.2 Å². The Morgan fingerprint density at radius 3 is 2.50 bits per heavy atom. The Bertz CT molecular complexity index is 437. The second-order valence-electron chi connectivity index (χ2n) is 5.82. The molecule has 0 amide bonds. The summed E-state index contributed by atoms with van der Waals surface area (Å²) >= 11 is 0. The minimum absolute atomic E-state index is 0.301. The van der Waals surface area contributed by atoms with Gasteiger partial charge < -0.3 is 9.84 Å². The highest BCUT2D eigenvalue weighted by Crippen LogP contribution is 2.41. The van der Waals surface area contributed by atoms with Crippen molar-refractivity contribution in [3.8, 4) is 0 Å². The van der Waals surface area contributed by atoms with E-state index in [1.165, 1.54) is 25.0 Å². The lowest BCUT2D eigenvalue weighted by Crippen LogP contribution is -2.39. The molecule has 1 fully saturated rings. The predicted octanol–water partition coefficient (Wildman–Crippen LogP) is 4.30. The third kappa shape index (κ3) is 3.21. The quantitative estimate of drug-likeness (QED) is 0.833. The molecule has 1 aromatic rings. The summed E-state index contributed by atoms with van der Waals surface area (Å²) in [5, 5.41) is 10.9. The first-order chi connectivity index (χ1) is 9.59. The fourth-order valence-corrected chi connectivity index (χ4v) is 3.30. The number of hydrogen-bond acceptors (Lipinski definition) is 2. The molecule has 1 aliphatic rings. The molecule has 2 nitrogen and oxygen atoms in total. The monoisotopic (exact) mass is 280 g/mol. The van der Waals surface area contributed by atoms with Crippen molar-refractivity contribution >= 4 is 0 Å². The van der Waals surface area contributed by atoms with E-state index in [1.807, 2.05) is 13.8 Å². The number of ether oxygens (including phenoxy) is 1. The Hall–Kier alpha value is -0.930. The van der Waals surface area contributed by atoms with Gasteiger partial charge in [-0.15, -0.1) is 0 Å². The normalized spacial score (nSPS) is 20.4. The van der Waals surface area contributed by atoms with Gasteiger partial charge in [-0.25, -0.2) is 4.39 Å². The predicted molar refractivity (Wildman–Crippen MR) is 78.2 cm³/mol. The average molecular weight is 280 g/mol. The van der Waals surface area contributed by atoms with Crippen molar-refractivity contribution in [2.75, 3.05) is 6.61 Å². The number of aliphatic hydroxyl groups excluding tert-OH is 1. The maximum atomic E-state index is 13.5. The molecule has 0 radical (unpaired) electrons. The van der Waals surface area contributed by atoms with E-state index >= 15 is 0 Å². The summed E-state index contributed by atoms with van der Waals surface area (Å²) in [5.74, 6) is -0.301. The molecule has 0 aromatic heterocycles. The van der Waals surface area contributed by atoms with E-state index in [1.54, 1.807) is 6.07 Å². The molecule has 0 bridgehead atoms. The lowest BCUT2D eigenvalue weighted by Gasteiger charge is -2.38. The van der Waals surface area contributed by atoms with Crippen LogP contribution in [0.3, 0.4) is 0 Å². The van der Waals surface area contributed by atoms with E-state index in [0.717, 1.165) is 31.2 Å². The summed E-state index contributed by atoms with van der Waals surface area (Å²) in [6.45, 7) is 4.44. The number of halogens is 1. The van der Waals surface area contributed by atoms with Crippen LogP contribution in [0.2, 0.25) is 0 Å². The van der Waals surface area contributed by atoms with Gasteiger partial charge in [0.15, 0.2) is 0 Å². The SMILES string of the molecule is CCOC1(C(O)c2cc(F)ccc2C)CCCCCC1. The molecule has 0 spiro atoms. The van der Waals surface area contributed by atoms with Gasteiger partial charge in [0, 0.05) is 6.61 Å². The molecule has 20 heavy (non-hydrogen) atoms. The topological polar surface area (TPSA) is 29.5 Å². The number of rotatable bonds is 4. The van der Waals surface area contributed by atoms with Gasteiger partial charge in [-0.2, -0.15) is 0 Å². The van der Waals surface area contributed by atoms with E-state index in [-0.39, 0.29) is 5.82 Å². The van der Waals surface area contributed by atoms with E-state index in [0.29, 0.717) is 12.2 Å². The van der Waals surface area contributed by atoms with Gasteiger partial charge in [0.2, 0.25) is 0 Å². The molecule has 0 aliphatic heterocycles. The molecule has 1 N–H and O–H groups in total. The van der Waals surface area contributed by atoms with Gasteiger partial charge in [0.05, 0.1) is 5.60 Å². The zero-order valence-electron chi connectivity index (χ0n) is 12.5. The van der Waals surface area contributed by atoms with E-state index < -0.39 is 11.7 Å². The summed E-state index contributed by atoms with van der Waals surface area (Å²) in [4.78, 5) is 0. The highest BCUT2D eigenvalue weighted by atomic mass is 19.1. The van der Waals surface area contributed by atoms with Gasteiger partial charge in [-0.1, -0.05) is 31.7 Å². The Kier molecular flexibility index (Phi) is 5.17. The molecule has 0 saturated heterocycles. The van der Waals surface area contributed by atoms with Crippen LogP contribution in [0, 0.1) is 12.7 Å². The van der Waals surface area contributed by atoms with E-state index in [2.05, 4.69) is 0 Å². The van der Waals surface area contributed by atoms with Crippen LogP contribution < -0.4 is 0 Å². The van der Waals surface area contributed by atoms with Crippen LogP contribution in [-0.4, -0.2) is 17.3 Å². The third-order valence-electron chi connectivity index (χ3n) is 4.42. The van der Waals surface area contributed by atoms with E-state index in [4.69, 9.17) is 4.74 Å². The molecule has 1 atom stereocenters.